The molecule has 0 aliphatic carbocycles. The predicted molar refractivity (Wildman–Crippen MR) is 66.7 cm³/mol. The molecular formula is C13H17FN2O2. The molecule has 1 fully saturated rings. The molecule has 18 heavy (non-hydrogen) atoms. The summed E-state index contributed by atoms with van der Waals surface area (Å²) < 4.78 is 12.9. The lowest BCUT2D eigenvalue weighted by Crippen LogP contribution is -2.38. The number of halogens is 1. The molecule has 4 nitrogen and oxygen atoms in total. The molecule has 5 heteroatoms. The Morgan fingerprint density at radius 1 is 1.56 bits per heavy atom. The molecule has 1 saturated heterocycles. The van der Waals surface area contributed by atoms with Gasteiger partial charge in [0.15, 0.2) is 0 Å². The Morgan fingerprint density at radius 3 is 3.11 bits per heavy atom. The quantitative estimate of drug-likeness (QED) is 0.847. The molecule has 0 aromatic heterocycles. The second-order valence-electron chi connectivity index (χ2n) is 4.51. The first-order valence-corrected chi connectivity index (χ1v) is 6.09. The smallest absolute Gasteiger partial charge is 0.238 e. The van der Waals surface area contributed by atoms with Crippen molar-refractivity contribution in [3.63, 3.8) is 0 Å². The van der Waals surface area contributed by atoms with Crippen LogP contribution in [0.2, 0.25) is 0 Å². The molecule has 1 aliphatic heterocycles. The summed E-state index contributed by atoms with van der Waals surface area (Å²) in [6.07, 6.45) is 1.92. The number of aliphatic hydroxyl groups is 1. The number of carbonyl (C=O) groups is 1. The van der Waals surface area contributed by atoms with Crippen LogP contribution in [-0.4, -0.2) is 41.7 Å². The van der Waals surface area contributed by atoms with Gasteiger partial charge < -0.3 is 10.4 Å². The molecule has 1 heterocycles. The monoisotopic (exact) mass is 252 g/mol. The molecule has 2 N–H and O–H groups in total. The lowest BCUT2D eigenvalue weighted by molar-refractivity contribution is -0.117. The van der Waals surface area contributed by atoms with Gasteiger partial charge in [-0.1, -0.05) is 6.07 Å². The number of hydrogen-bond donors (Lipinski definition) is 2. The molecule has 2 rings (SSSR count). The number of nitrogens with zero attached hydrogens (tertiary/aromatic N) is 1. The second-order valence-corrected chi connectivity index (χ2v) is 4.51. The number of aliphatic hydroxyl groups excluding tert-OH is 1. The van der Waals surface area contributed by atoms with Gasteiger partial charge >= 0.3 is 0 Å². The van der Waals surface area contributed by atoms with Crippen molar-refractivity contribution >= 4 is 11.6 Å². The summed E-state index contributed by atoms with van der Waals surface area (Å²) in [5.74, 6) is -0.553. The van der Waals surface area contributed by atoms with Gasteiger partial charge in [0.25, 0.3) is 0 Å². The van der Waals surface area contributed by atoms with E-state index in [-0.39, 0.29) is 30.9 Å². The molecular weight excluding hydrogens is 235 g/mol. The predicted octanol–water partition coefficient (Wildman–Crippen LogP) is 1.22. The first kappa shape index (κ1) is 13.0. The standard InChI is InChI=1S/C13H17FN2O2/c14-10-3-1-4-11(7-10)15-13(18)8-16-6-2-5-12(16)9-17/h1,3-4,7,12,17H,2,5-6,8-9H2,(H,15,18)/t12-/m1/s1. The zero-order valence-corrected chi connectivity index (χ0v) is 10.1. The Morgan fingerprint density at radius 2 is 2.39 bits per heavy atom. The Balaban J connectivity index is 1.89. The average molecular weight is 252 g/mol. The zero-order valence-electron chi connectivity index (χ0n) is 10.1. The second kappa shape index (κ2) is 5.93. The van der Waals surface area contributed by atoms with Gasteiger partial charge in [0.2, 0.25) is 5.91 Å². The molecule has 98 valence electrons. The van der Waals surface area contributed by atoms with E-state index in [1.165, 1.54) is 12.1 Å². The topological polar surface area (TPSA) is 52.6 Å². The molecule has 1 aromatic rings. The molecule has 1 aliphatic rings. The zero-order chi connectivity index (χ0) is 13.0. The van der Waals surface area contributed by atoms with Crippen LogP contribution in [0.4, 0.5) is 10.1 Å². The third kappa shape index (κ3) is 3.27. The lowest BCUT2D eigenvalue weighted by atomic mass is 10.2. The summed E-state index contributed by atoms with van der Waals surface area (Å²) in [5, 5.41) is 11.8. The summed E-state index contributed by atoms with van der Waals surface area (Å²) in [5.41, 5.74) is 0.458. The number of hydrogen-bond acceptors (Lipinski definition) is 3. The van der Waals surface area contributed by atoms with E-state index in [1.54, 1.807) is 12.1 Å². The fourth-order valence-corrected chi connectivity index (χ4v) is 2.26. The van der Waals surface area contributed by atoms with E-state index in [0.717, 1.165) is 19.4 Å². The van der Waals surface area contributed by atoms with Crippen LogP contribution < -0.4 is 5.32 Å². The van der Waals surface area contributed by atoms with Gasteiger partial charge in [-0.2, -0.15) is 0 Å². The first-order chi connectivity index (χ1) is 8.69. The summed E-state index contributed by atoms with van der Waals surface area (Å²) in [6.45, 7) is 1.14. The van der Waals surface area contributed by atoms with Gasteiger partial charge in [-0.15, -0.1) is 0 Å². The Kier molecular flexibility index (Phi) is 4.28. The van der Waals surface area contributed by atoms with Crippen LogP contribution in [0.3, 0.4) is 0 Å². The minimum Gasteiger partial charge on any atom is -0.395 e. The van der Waals surface area contributed by atoms with Crippen molar-refractivity contribution in [3.8, 4) is 0 Å². The van der Waals surface area contributed by atoms with Crippen molar-refractivity contribution in [1.82, 2.24) is 4.90 Å². The van der Waals surface area contributed by atoms with Crippen LogP contribution in [0.15, 0.2) is 24.3 Å². The van der Waals surface area contributed by atoms with E-state index < -0.39 is 0 Å². The van der Waals surface area contributed by atoms with Gasteiger partial charge in [-0.05, 0) is 37.6 Å². The maximum absolute atomic E-state index is 12.9. The van der Waals surface area contributed by atoms with Gasteiger partial charge in [-0.25, -0.2) is 4.39 Å². The molecule has 0 bridgehead atoms. The van der Waals surface area contributed by atoms with Crippen molar-refractivity contribution in [2.75, 3.05) is 25.0 Å². The Labute approximate surface area is 105 Å². The number of amides is 1. The summed E-state index contributed by atoms with van der Waals surface area (Å²) in [7, 11) is 0. The number of carbonyl (C=O) groups excluding carboxylic acids is 1. The van der Waals surface area contributed by atoms with Gasteiger partial charge in [0, 0.05) is 11.7 Å². The van der Waals surface area contributed by atoms with E-state index in [9.17, 15) is 9.18 Å². The fraction of sp³-hybridized carbons (Fsp3) is 0.462. The molecule has 1 aromatic carbocycles. The minimum atomic E-state index is -0.373. The van der Waals surface area contributed by atoms with Crippen molar-refractivity contribution in [1.29, 1.82) is 0 Å². The number of rotatable bonds is 4. The highest BCUT2D eigenvalue weighted by atomic mass is 19.1. The van der Waals surface area contributed by atoms with Crippen molar-refractivity contribution in [2.45, 2.75) is 18.9 Å². The molecule has 0 unspecified atom stereocenters. The first-order valence-electron chi connectivity index (χ1n) is 6.09. The number of nitrogens with one attached hydrogen (secondary N) is 1. The number of likely N-dealkylation sites (tertiary alicyclic amines) is 1. The van der Waals surface area contributed by atoms with Crippen molar-refractivity contribution in [3.05, 3.63) is 30.1 Å². The van der Waals surface area contributed by atoms with E-state index in [4.69, 9.17) is 5.11 Å². The molecule has 1 atom stereocenters. The number of anilines is 1. The van der Waals surface area contributed by atoms with Gasteiger partial charge in [0.1, 0.15) is 5.82 Å². The largest absolute Gasteiger partial charge is 0.395 e. The number of benzene rings is 1. The summed E-state index contributed by atoms with van der Waals surface area (Å²) in [6, 6.07) is 5.89. The third-order valence-electron chi connectivity index (χ3n) is 3.16. The maximum Gasteiger partial charge on any atom is 0.238 e. The van der Waals surface area contributed by atoms with Crippen molar-refractivity contribution < 1.29 is 14.3 Å². The summed E-state index contributed by atoms with van der Waals surface area (Å²) in [4.78, 5) is 13.7. The van der Waals surface area contributed by atoms with Gasteiger partial charge in [-0.3, -0.25) is 9.69 Å². The van der Waals surface area contributed by atoms with Crippen LogP contribution in [0.5, 0.6) is 0 Å². The highest BCUT2D eigenvalue weighted by molar-refractivity contribution is 5.92. The van der Waals surface area contributed by atoms with E-state index in [2.05, 4.69) is 5.32 Å². The minimum absolute atomic E-state index is 0.0725. The lowest BCUT2D eigenvalue weighted by Gasteiger charge is -2.21. The van der Waals surface area contributed by atoms with Crippen LogP contribution in [0.25, 0.3) is 0 Å². The Hall–Kier alpha value is -1.46. The van der Waals surface area contributed by atoms with E-state index in [0.29, 0.717) is 5.69 Å². The molecule has 1 amide bonds. The van der Waals surface area contributed by atoms with Crippen LogP contribution in [0, 0.1) is 5.82 Å². The van der Waals surface area contributed by atoms with Crippen LogP contribution in [0.1, 0.15) is 12.8 Å². The SMILES string of the molecule is O=C(CN1CCC[C@@H]1CO)Nc1cccc(F)c1. The molecule has 0 spiro atoms. The highest BCUT2D eigenvalue weighted by Gasteiger charge is 2.25. The average Bonchev–Trinajstić information content (AvgIpc) is 2.76. The molecule has 0 saturated carbocycles. The maximum atomic E-state index is 12.9. The molecule has 0 radical (unpaired) electrons. The van der Waals surface area contributed by atoms with Crippen LogP contribution >= 0.6 is 0 Å². The highest BCUT2D eigenvalue weighted by Crippen LogP contribution is 2.16. The normalized spacial score (nSPS) is 20.0. The van der Waals surface area contributed by atoms with E-state index >= 15 is 0 Å². The van der Waals surface area contributed by atoms with Crippen molar-refractivity contribution in [2.24, 2.45) is 0 Å². The fourth-order valence-electron chi connectivity index (χ4n) is 2.26. The van der Waals surface area contributed by atoms with E-state index in [1.807, 2.05) is 4.90 Å². The Bertz CT molecular complexity index is 425. The third-order valence-corrected chi connectivity index (χ3v) is 3.16. The summed E-state index contributed by atoms with van der Waals surface area (Å²) >= 11 is 0. The van der Waals surface area contributed by atoms with Gasteiger partial charge in [0.05, 0.1) is 13.2 Å². The van der Waals surface area contributed by atoms with Crippen LogP contribution in [-0.2, 0) is 4.79 Å².